The van der Waals surface area contributed by atoms with Crippen LogP contribution in [0, 0.1) is 5.41 Å². The minimum atomic E-state index is 0.0255. The zero-order valence-electron chi connectivity index (χ0n) is 14.3. The predicted octanol–water partition coefficient (Wildman–Crippen LogP) is 4.51. The molecular formula is C17H25N3O2S. The van der Waals surface area contributed by atoms with Gasteiger partial charge in [-0.15, -0.1) is 11.3 Å². The molecular weight excluding hydrogens is 310 g/mol. The summed E-state index contributed by atoms with van der Waals surface area (Å²) in [5.41, 5.74) is 1.42. The molecule has 0 bridgehead atoms. The van der Waals surface area contributed by atoms with E-state index in [2.05, 4.69) is 29.0 Å². The van der Waals surface area contributed by atoms with Crippen LogP contribution >= 0.6 is 11.3 Å². The molecule has 2 aromatic heterocycles. The first-order chi connectivity index (χ1) is 11.0. The van der Waals surface area contributed by atoms with Gasteiger partial charge in [0.1, 0.15) is 11.1 Å². The number of rotatable bonds is 5. The second-order valence-electron chi connectivity index (χ2n) is 7.22. The molecule has 1 atom stereocenters. The van der Waals surface area contributed by atoms with Gasteiger partial charge in [-0.05, 0) is 38.0 Å². The van der Waals surface area contributed by atoms with E-state index in [0.717, 1.165) is 29.4 Å². The Labute approximate surface area is 141 Å². The van der Waals surface area contributed by atoms with Gasteiger partial charge < -0.3 is 9.26 Å². The Bertz CT molecular complexity index is 640. The zero-order chi connectivity index (χ0) is 16.4. The lowest BCUT2D eigenvalue weighted by Crippen LogP contribution is -2.20. The zero-order valence-corrected chi connectivity index (χ0v) is 15.2. The highest BCUT2D eigenvalue weighted by atomic mass is 32.1. The van der Waals surface area contributed by atoms with Gasteiger partial charge in [-0.1, -0.05) is 19.0 Å². The Morgan fingerprint density at radius 3 is 2.78 bits per heavy atom. The number of nitrogens with zero attached hydrogens (tertiary/aromatic N) is 3. The van der Waals surface area contributed by atoms with Gasteiger partial charge in [-0.2, -0.15) is 4.98 Å². The van der Waals surface area contributed by atoms with E-state index < -0.39 is 0 Å². The van der Waals surface area contributed by atoms with Gasteiger partial charge in [-0.25, -0.2) is 4.98 Å². The lowest BCUT2D eigenvalue weighted by Gasteiger charge is -2.32. The van der Waals surface area contributed by atoms with Crippen LogP contribution in [-0.4, -0.2) is 22.2 Å². The van der Waals surface area contributed by atoms with E-state index in [1.807, 2.05) is 12.3 Å². The van der Waals surface area contributed by atoms with Crippen molar-refractivity contribution in [3.05, 3.63) is 27.8 Å². The maximum atomic E-state index is 5.44. The minimum Gasteiger partial charge on any atom is -0.375 e. The largest absolute Gasteiger partial charge is 0.375 e. The first-order valence-corrected chi connectivity index (χ1v) is 9.14. The number of methoxy groups -OCH3 is 1. The molecule has 1 aliphatic carbocycles. The molecule has 1 aliphatic rings. The third-order valence-electron chi connectivity index (χ3n) is 4.79. The molecule has 6 heteroatoms. The summed E-state index contributed by atoms with van der Waals surface area (Å²) in [6.07, 6.45) is 5.38. The fourth-order valence-corrected chi connectivity index (χ4v) is 3.86. The summed E-state index contributed by atoms with van der Waals surface area (Å²) in [6, 6.07) is 0. The highest BCUT2D eigenvalue weighted by Crippen LogP contribution is 2.41. The van der Waals surface area contributed by atoms with Crippen LogP contribution in [0.3, 0.4) is 0 Å². The van der Waals surface area contributed by atoms with Crippen LogP contribution in [-0.2, 0) is 11.2 Å². The molecule has 3 rings (SSSR count). The monoisotopic (exact) mass is 335 g/mol. The summed E-state index contributed by atoms with van der Waals surface area (Å²) in [4.78, 5) is 9.19. The van der Waals surface area contributed by atoms with Crippen LogP contribution in [0.25, 0.3) is 0 Å². The Kier molecular flexibility index (Phi) is 4.82. The van der Waals surface area contributed by atoms with E-state index in [9.17, 15) is 0 Å². The molecule has 23 heavy (non-hydrogen) atoms. The molecule has 2 heterocycles. The second-order valence-corrected chi connectivity index (χ2v) is 8.11. The van der Waals surface area contributed by atoms with E-state index >= 15 is 0 Å². The van der Waals surface area contributed by atoms with Gasteiger partial charge in [0.15, 0.2) is 5.82 Å². The van der Waals surface area contributed by atoms with Crippen LogP contribution in [0.15, 0.2) is 9.90 Å². The lowest BCUT2D eigenvalue weighted by atomic mass is 9.73. The smallest absolute Gasteiger partial charge is 0.232 e. The van der Waals surface area contributed by atoms with E-state index in [1.54, 1.807) is 18.4 Å². The van der Waals surface area contributed by atoms with E-state index in [-0.39, 0.29) is 6.10 Å². The van der Waals surface area contributed by atoms with Crippen molar-refractivity contribution in [2.75, 3.05) is 7.11 Å². The van der Waals surface area contributed by atoms with Gasteiger partial charge in [-0.3, -0.25) is 0 Å². The number of hydrogen-bond donors (Lipinski definition) is 0. The topological polar surface area (TPSA) is 61.0 Å². The van der Waals surface area contributed by atoms with Gasteiger partial charge in [0.05, 0.1) is 12.1 Å². The van der Waals surface area contributed by atoms with Crippen LogP contribution in [0.1, 0.15) is 80.9 Å². The van der Waals surface area contributed by atoms with Crippen LogP contribution in [0.2, 0.25) is 0 Å². The summed E-state index contributed by atoms with van der Waals surface area (Å²) >= 11 is 1.61. The quantitative estimate of drug-likeness (QED) is 0.804. The maximum absolute atomic E-state index is 5.44. The third kappa shape index (κ3) is 3.98. The molecule has 0 spiro atoms. The van der Waals surface area contributed by atoms with E-state index in [4.69, 9.17) is 9.26 Å². The number of hydrogen-bond acceptors (Lipinski definition) is 6. The van der Waals surface area contributed by atoms with Crippen LogP contribution < -0.4 is 0 Å². The normalized spacial score (nSPS) is 19.8. The molecule has 5 nitrogen and oxygen atoms in total. The fraction of sp³-hybridized carbons (Fsp3) is 0.706. The summed E-state index contributed by atoms with van der Waals surface area (Å²) < 4.78 is 10.7. The van der Waals surface area contributed by atoms with Crippen molar-refractivity contribution < 1.29 is 9.26 Å². The number of ether oxygens (including phenoxy) is 1. The Morgan fingerprint density at radius 1 is 1.35 bits per heavy atom. The van der Waals surface area contributed by atoms with Crippen molar-refractivity contribution in [3.8, 4) is 0 Å². The number of thiazole rings is 1. The van der Waals surface area contributed by atoms with Crippen molar-refractivity contribution in [2.24, 2.45) is 5.41 Å². The molecule has 1 saturated carbocycles. The van der Waals surface area contributed by atoms with Gasteiger partial charge >= 0.3 is 0 Å². The summed E-state index contributed by atoms with van der Waals surface area (Å²) in [6.45, 7) is 6.68. The highest BCUT2D eigenvalue weighted by Gasteiger charge is 2.30. The van der Waals surface area contributed by atoms with Gasteiger partial charge in [0.25, 0.3) is 0 Å². The maximum Gasteiger partial charge on any atom is 0.232 e. The molecule has 1 unspecified atom stereocenters. The molecule has 0 amide bonds. The standard InChI is InChI=1S/C17H25N3O2S/c1-11(21-4)16-18-13(10-23-16)9-14-19-15(20-22-14)12-5-7-17(2,3)8-6-12/h10-12H,5-9H2,1-4H3. The Balaban J connectivity index is 1.62. The van der Waals surface area contributed by atoms with Crippen molar-refractivity contribution in [1.29, 1.82) is 0 Å². The summed E-state index contributed by atoms with van der Waals surface area (Å²) in [7, 11) is 1.70. The SMILES string of the molecule is COC(C)c1nc(Cc2nc(C3CCC(C)(C)CC3)no2)cs1. The van der Waals surface area contributed by atoms with Crippen molar-refractivity contribution >= 4 is 11.3 Å². The molecule has 1 fully saturated rings. The molecule has 0 aliphatic heterocycles. The Hall–Kier alpha value is -1.27. The van der Waals surface area contributed by atoms with Gasteiger partial charge in [0, 0.05) is 18.4 Å². The average molecular weight is 335 g/mol. The van der Waals surface area contributed by atoms with Crippen molar-refractivity contribution in [3.63, 3.8) is 0 Å². The van der Waals surface area contributed by atoms with Crippen LogP contribution in [0.5, 0.6) is 0 Å². The molecule has 0 N–H and O–H groups in total. The predicted molar refractivity (Wildman–Crippen MR) is 89.6 cm³/mol. The third-order valence-corrected chi connectivity index (χ3v) is 5.85. The molecule has 0 saturated heterocycles. The molecule has 0 radical (unpaired) electrons. The molecule has 2 aromatic rings. The van der Waals surface area contributed by atoms with E-state index in [0.29, 0.717) is 23.6 Å². The van der Waals surface area contributed by atoms with Crippen molar-refractivity contribution in [1.82, 2.24) is 15.1 Å². The number of aromatic nitrogens is 3. The van der Waals surface area contributed by atoms with E-state index in [1.165, 1.54) is 12.8 Å². The molecule has 126 valence electrons. The minimum absolute atomic E-state index is 0.0255. The fourth-order valence-electron chi connectivity index (χ4n) is 3.01. The molecule has 0 aromatic carbocycles. The first kappa shape index (κ1) is 16.6. The summed E-state index contributed by atoms with van der Waals surface area (Å²) in [5, 5.41) is 7.23. The van der Waals surface area contributed by atoms with Gasteiger partial charge in [0.2, 0.25) is 5.89 Å². The highest BCUT2D eigenvalue weighted by molar-refractivity contribution is 7.09. The lowest BCUT2D eigenvalue weighted by molar-refractivity contribution is 0.119. The average Bonchev–Trinajstić information content (AvgIpc) is 3.17. The van der Waals surface area contributed by atoms with Crippen LogP contribution in [0.4, 0.5) is 0 Å². The Morgan fingerprint density at radius 2 is 2.09 bits per heavy atom. The summed E-state index contributed by atoms with van der Waals surface area (Å²) in [5.74, 6) is 1.97. The second kappa shape index (κ2) is 6.69. The van der Waals surface area contributed by atoms with Crippen molar-refractivity contribution in [2.45, 2.75) is 64.9 Å². The first-order valence-electron chi connectivity index (χ1n) is 8.26.